The van der Waals surface area contributed by atoms with Crippen LogP contribution in [0.4, 0.5) is 11.4 Å². The molecule has 2 amide bonds. The molecular weight excluding hydrogens is 432 g/mol. The molecule has 0 bridgehead atoms. The lowest BCUT2D eigenvalue weighted by Crippen LogP contribution is -2.25. The van der Waals surface area contributed by atoms with Gasteiger partial charge in [0.1, 0.15) is 0 Å². The fourth-order valence-corrected chi connectivity index (χ4v) is 5.39. The van der Waals surface area contributed by atoms with Crippen LogP contribution in [0, 0.1) is 6.92 Å². The van der Waals surface area contributed by atoms with E-state index in [1.807, 2.05) is 6.92 Å². The summed E-state index contributed by atoms with van der Waals surface area (Å²) in [6, 6.07) is 9.81. The van der Waals surface area contributed by atoms with Crippen molar-refractivity contribution in [2.45, 2.75) is 41.7 Å². The number of carbonyl (C=O) groups is 2. The van der Waals surface area contributed by atoms with E-state index in [1.165, 1.54) is 30.8 Å². The van der Waals surface area contributed by atoms with Gasteiger partial charge in [0.2, 0.25) is 11.8 Å². The summed E-state index contributed by atoms with van der Waals surface area (Å²) in [7, 11) is -3.75. The van der Waals surface area contributed by atoms with Gasteiger partial charge in [-0.1, -0.05) is 17.7 Å². The SMILES string of the molecule is Cc1ccc(Cl)cc1NC(=O)CC(C)S(=O)(=O)c1ccc2c(c1)NC(=O)CCS2. The van der Waals surface area contributed by atoms with Crippen LogP contribution in [-0.2, 0) is 19.4 Å². The van der Waals surface area contributed by atoms with Crippen molar-refractivity contribution < 1.29 is 18.0 Å². The summed E-state index contributed by atoms with van der Waals surface area (Å²) < 4.78 is 25.9. The molecule has 1 unspecified atom stereocenters. The first kappa shape index (κ1) is 21.7. The lowest BCUT2D eigenvalue weighted by molar-refractivity contribution is -0.116. The Bertz CT molecular complexity index is 1070. The lowest BCUT2D eigenvalue weighted by atomic mass is 10.2. The summed E-state index contributed by atoms with van der Waals surface area (Å²) in [5.74, 6) is 0.0879. The van der Waals surface area contributed by atoms with Gasteiger partial charge in [-0.2, -0.15) is 0 Å². The molecule has 1 aliphatic rings. The van der Waals surface area contributed by atoms with Gasteiger partial charge in [0.25, 0.3) is 0 Å². The summed E-state index contributed by atoms with van der Waals surface area (Å²) in [6.07, 6.45) is 0.174. The first-order chi connectivity index (χ1) is 13.7. The molecule has 1 atom stereocenters. The molecule has 29 heavy (non-hydrogen) atoms. The first-order valence-corrected chi connectivity index (χ1v) is 11.9. The van der Waals surface area contributed by atoms with Crippen molar-refractivity contribution >= 4 is 56.4 Å². The van der Waals surface area contributed by atoms with Gasteiger partial charge in [0, 0.05) is 34.2 Å². The third kappa shape index (κ3) is 5.12. The summed E-state index contributed by atoms with van der Waals surface area (Å²) in [5, 5.41) is 5.01. The molecule has 0 saturated heterocycles. The highest BCUT2D eigenvalue weighted by atomic mass is 35.5. The van der Waals surface area contributed by atoms with Crippen LogP contribution < -0.4 is 10.6 Å². The van der Waals surface area contributed by atoms with Crippen LogP contribution >= 0.6 is 23.4 Å². The summed E-state index contributed by atoms with van der Waals surface area (Å²) in [4.78, 5) is 25.1. The summed E-state index contributed by atoms with van der Waals surface area (Å²) >= 11 is 7.46. The molecule has 9 heteroatoms. The van der Waals surface area contributed by atoms with Gasteiger partial charge in [-0.3, -0.25) is 9.59 Å². The highest BCUT2D eigenvalue weighted by molar-refractivity contribution is 7.99. The topological polar surface area (TPSA) is 92.3 Å². The Morgan fingerprint density at radius 2 is 2.03 bits per heavy atom. The number of sulfone groups is 1. The van der Waals surface area contributed by atoms with Crippen molar-refractivity contribution in [3.63, 3.8) is 0 Å². The zero-order valence-corrected chi connectivity index (χ0v) is 18.4. The number of anilines is 2. The van der Waals surface area contributed by atoms with E-state index in [-0.39, 0.29) is 17.2 Å². The van der Waals surface area contributed by atoms with Crippen LogP contribution in [0.3, 0.4) is 0 Å². The van der Waals surface area contributed by atoms with Crippen LogP contribution in [0.1, 0.15) is 25.3 Å². The number of nitrogens with one attached hydrogen (secondary N) is 2. The molecule has 1 aliphatic heterocycles. The van der Waals surface area contributed by atoms with Crippen molar-refractivity contribution in [1.29, 1.82) is 0 Å². The number of amides is 2. The molecule has 0 spiro atoms. The smallest absolute Gasteiger partial charge is 0.225 e. The van der Waals surface area contributed by atoms with Gasteiger partial charge in [-0.15, -0.1) is 11.8 Å². The summed E-state index contributed by atoms with van der Waals surface area (Å²) in [5.41, 5.74) is 1.87. The molecule has 0 saturated carbocycles. The van der Waals surface area contributed by atoms with Crippen LogP contribution in [0.15, 0.2) is 46.2 Å². The number of carbonyl (C=O) groups excluding carboxylic acids is 2. The van der Waals surface area contributed by atoms with E-state index >= 15 is 0 Å². The zero-order valence-electron chi connectivity index (χ0n) is 16.0. The molecule has 0 radical (unpaired) electrons. The molecule has 2 aromatic carbocycles. The minimum atomic E-state index is -3.75. The van der Waals surface area contributed by atoms with Gasteiger partial charge < -0.3 is 10.6 Å². The largest absolute Gasteiger partial charge is 0.326 e. The molecule has 0 fully saturated rings. The van der Waals surface area contributed by atoms with Crippen molar-refractivity contribution in [2.24, 2.45) is 0 Å². The Balaban J connectivity index is 1.76. The van der Waals surface area contributed by atoms with Gasteiger partial charge in [-0.25, -0.2) is 8.42 Å². The maximum absolute atomic E-state index is 13.0. The second-order valence-corrected chi connectivity index (χ2v) is 10.8. The number of hydrogen-bond donors (Lipinski definition) is 2. The molecule has 2 N–H and O–H groups in total. The van der Waals surface area contributed by atoms with Crippen LogP contribution in [0.5, 0.6) is 0 Å². The molecule has 0 aliphatic carbocycles. The number of thioether (sulfide) groups is 1. The average Bonchev–Trinajstić information content (AvgIpc) is 2.84. The molecule has 6 nitrogen and oxygen atoms in total. The van der Waals surface area contributed by atoms with Gasteiger partial charge in [-0.05, 0) is 49.7 Å². The van der Waals surface area contributed by atoms with E-state index in [2.05, 4.69) is 10.6 Å². The van der Waals surface area contributed by atoms with Gasteiger partial charge in [0.15, 0.2) is 9.84 Å². The fourth-order valence-electron chi connectivity index (χ4n) is 2.91. The normalized spacial score (nSPS) is 15.1. The molecule has 2 aromatic rings. The second-order valence-electron chi connectivity index (χ2n) is 6.87. The fraction of sp³-hybridized carbons (Fsp3) is 0.300. The second kappa shape index (κ2) is 8.77. The molecule has 1 heterocycles. The number of fused-ring (bicyclic) bond motifs is 1. The van der Waals surface area contributed by atoms with Crippen LogP contribution in [0.2, 0.25) is 5.02 Å². The standard InChI is InChI=1S/C20H21ClN2O4S2/c1-12-3-4-14(21)10-16(12)22-20(25)9-13(2)29(26,27)15-5-6-18-17(11-15)23-19(24)7-8-28-18/h3-6,10-11,13H,7-9H2,1-2H3,(H,22,25)(H,23,24). The predicted octanol–water partition coefficient (Wildman–Crippen LogP) is 4.27. The van der Waals surface area contributed by atoms with E-state index < -0.39 is 21.0 Å². The number of rotatable bonds is 5. The van der Waals surface area contributed by atoms with Crippen molar-refractivity contribution in [3.8, 4) is 0 Å². The van der Waals surface area contributed by atoms with E-state index in [1.54, 1.807) is 24.3 Å². The van der Waals surface area contributed by atoms with Crippen molar-refractivity contribution in [1.82, 2.24) is 0 Å². The molecule has 3 rings (SSSR count). The van der Waals surface area contributed by atoms with E-state index in [9.17, 15) is 18.0 Å². The highest BCUT2D eigenvalue weighted by Gasteiger charge is 2.27. The average molecular weight is 453 g/mol. The van der Waals surface area contributed by atoms with Crippen molar-refractivity contribution in [2.75, 3.05) is 16.4 Å². The Labute approximate surface area is 179 Å². The summed E-state index contributed by atoms with van der Waals surface area (Å²) in [6.45, 7) is 3.33. The zero-order chi connectivity index (χ0) is 21.2. The monoisotopic (exact) mass is 452 g/mol. The number of halogens is 1. The van der Waals surface area contributed by atoms with E-state index in [0.29, 0.717) is 28.6 Å². The van der Waals surface area contributed by atoms with Gasteiger partial charge in [0.05, 0.1) is 15.8 Å². The Morgan fingerprint density at radius 1 is 1.28 bits per heavy atom. The maximum Gasteiger partial charge on any atom is 0.225 e. The third-order valence-corrected chi connectivity index (χ3v) is 8.06. The Morgan fingerprint density at radius 3 is 2.79 bits per heavy atom. The minimum absolute atomic E-state index is 0.0817. The predicted molar refractivity (Wildman–Crippen MR) is 116 cm³/mol. The van der Waals surface area contributed by atoms with E-state index in [4.69, 9.17) is 11.6 Å². The first-order valence-electron chi connectivity index (χ1n) is 9.03. The van der Waals surface area contributed by atoms with Crippen molar-refractivity contribution in [3.05, 3.63) is 47.0 Å². The molecule has 0 aromatic heterocycles. The minimum Gasteiger partial charge on any atom is -0.326 e. The number of benzene rings is 2. The van der Waals surface area contributed by atoms with Gasteiger partial charge >= 0.3 is 0 Å². The Kier molecular flexibility index (Phi) is 6.55. The highest BCUT2D eigenvalue weighted by Crippen LogP contribution is 2.33. The quantitative estimate of drug-likeness (QED) is 0.706. The third-order valence-electron chi connectivity index (χ3n) is 4.62. The number of aryl methyl sites for hydroxylation is 1. The van der Waals surface area contributed by atoms with E-state index in [0.717, 1.165) is 10.5 Å². The number of hydrogen-bond acceptors (Lipinski definition) is 5. The van der Waals surface area contributed by atoms with Crippen LogP contribution in [-0.4, -0.2) is 31.2 Å². The maximum atomic E-state index is 13.0. The Hall–Kier alpha value is -2.03. The lowest BCUT2D eigenvalue weighted by Gasteiger charge is -2.15. The molecular formula is C20H21ClN2O4S2. The molecule has 154 valence electrons. The van der Waals surface area contributed by atoms with Crippen LogP contribution in [0.25, 0.3) is 0 Å².